The number of likely N-dealkylation sites (N-methyl/N-ethyl adjacent to an activating group) is 1. The molecule has 0 bridgehead atoms. The maximum Gasteiger partial charge on any atom is 0.239 e. The summed E-state index contributed by atoms with van der Waals surface area (Å²) >= 11 is 0. The standard InChI is InChI=1S/C14H24N4O/c1-4-18(5-2)14(19)12-10-11(6-8-15-12)13-7-9-16-17(13)3/h7,9,11-12,15H,4-6,8,10H2,1-3H3. The molecule has 2 atom stereocenters. The Balaban J connectivity index is 2.05. The highest BCUT2D eigenvalue weighted by Gasteiger charge is 2.30. The molecule has 1 N–H and O–H groups in total. The van der Waals surface area contributed by atoms with Crippen LogP contribution in [0.1, 0.15) is 38.3 Å². The Hall–Kier alpha value is -1.36. The van der Waals surface area contributed by atoms with Gasteiger partial charge in [-0.2, -0.15) is 5.10 Å². The van der Waals surface area contributed by atoms with Gasteiger partial charge in [-0.3, -0.25) is 9.48 Å². The molecule has 5 heteroatoms. The number of aromatic nitrogens is 2. The minimum atomic E-state index is -0.0476. The van der Waals surface area contributed by atoms with Crippen molar-refractivity contribution in [1.29, 1.82) is 0 Å². The van der Waals surface area contributed by atoms with E-state index >= 15 is 0 Å². The van der Waals surface area contributed by atoms with Gasteiger partial charge in [0.25, 0.3) is 0 Å². The first-order valence-corrected chi connectivity index (χ1v) is 7.17. The van der Waals surface area contributed by atoms with E-state index in [2.05, 4.69) is 16.5 Å². The molecule has 1 aliphatic rings. The summed E-state index contributed by atoms with van der Waals surface area (Å²) in [6, 6.07) is 2.02. The zero-order valence-corrected chi connectivity index (χ0v) is 12.1. The number of hydrogen-bond donors (Lipinski definition) is 1. The van der Waals surface area contributed by atoms with Gasteiger partial charge in [0.1, 0.15) is 0 Å². The van der Waals surface area contributed by atoms with E-state index in [-0.39, 0.29) is 11.9 Å². The number of piperidine rings is 1. The molecule has 0 spiro atoms. The molecule has 1 fully saturated rings. The number of hydrogen-bond acceptors (Lipinski definition) is 3. The summed E-state index contributed by atoms with van der Waals surface area (Å²) in [6.07, 6.45) is 3.77. The number of amides is 1. The highest BCUT2D eigenvalue weighted by atomic mass is 16.2. The van der Waals surface area contributed by atoms with Gasteiger partial charge in [-0.05, 0) is 39.3 Å². The molecule has 0 saturated carbocycles. The van der Waals surface area contributed by atoms with Crippen LogP contribution in [0.15, 0.2) is 12.3 Å². The van der Waals surface area contributed by atoms with Gasteiger partial charge in [0, 0.05) is 37.9 Å². The van der Waals surface area contributed by atoms with Gasteiger partial charge in [0.2, 0.25) is 5.91 Å². The van der Waals surface area contributed by atoms with Crippen LogP contribution in [0.4, 0.5) is 0 Å². The summed E-state index contributed by atoms with van der Waals surface area (Å²) in [5, 5.41) is 7.59. The average Bonchev–Trinajstić information content (AvgIpc) is 2.86. The van der Waals surface area contributed by atoms with E-state index in [0.717, 1.165) is 32.5 Å². The molecule has 106 valence electrons. The number of nitrogens with one attached hydrogen (secondary N) is 1. The number of carbonyl (C=O) groups is 1. The van der Waals surface area contributed by atoms with Crippen LogP contribution in [0, 0.1) is 0 Å². The first kappa shape index (κ1) is 14.1. The summed E-state index contributed by atoms with van der Waals surface area (Å²) in [5.74, 6) is 0.662. The van der Waals surface area contributed by atoms with Crippen molar-refractivity contribution in [3.05, 3.63) is 18.0 Å². The Morgan fingerprint density at radius 1 is 1.53 bits per heavy atom. The second-order valence-electron chi connectivity index (χ2n) is 5.12. The fraction of sp³-hybridized carbons (Fsp3) is 0.714. The van der Waals surface area contributed by atoms with Crippen LogP contribution in [-0.4, -0.2) is 46.3 Å². The third kappa shape index (κ3) is 2.97. The molecule has 2 rings (SSSR count). The molecule has 1 aromatic rings. The van der Waals surface area contributed by atoms with E-state index in [0.29, 0.717) is 5.92 Å². The van der Waals surface area contributed by atoms with Crippen LogP contribution in [0.25, 0.3) is 0 Å². The Morgan fingerprint density at radius 3 is 2.84 bits per heavy atom. The molecule has 2 heterocycles. The molecule has 1 amide bonds. The van der Waals surface area contributed by atoms with Gasteiger partial charge in [-0.15, -0.1) is 0 Å². The first-order valence-electron chi connectivity index (χ1n) is 7.17. The van der Waals surface area contributed by atoms with Crippen molar-refractivity contribution in [3.8, 4) is 0 Å². The van der Waals surface area contributed by atoms with Crippen LogP contribution < -0.4 is 5.32 Å². The Morgan fingerprint density at radius 2 is 2.26 bits per heavy atom. The highest BCUT2D eigenvalue weighted by molar-refractivity contribution is 5.82. The van der Waals surface area contributed by atoms with E-state index in [9.17, 15) is 4.79 Å². The van der Waals surface area contributed by atoms with Crippen LogP contribution in [0.3, 0.4) is 0 Å². The average molecular weight is 264 g/mol. The molecule has 5 nitrogen and oxygen atoms in total. The maximum absolute atomic E-state index is 12.4. The number of carbonyl (C=O) groups excluding carboxylic acids is 1. The molecule has 19 heavy (non-hydrogen) atoms. The third-order valence-electron chi connectivity index (χ3n) is 4.05. The molecule has 2 unspecified atom stereocenters. The van der Waals surface area contributed by atoms with Crippen molar-refractivity contribution in [2.75, 3.05) is 19.6 Å². The fourth-order valence-electron chi connectivity index (χ4n) is 2.91. The van der Waals surface area contributed by atoms with Crippen molar-refractivity contribution in [2.24, 2.45) is 7.05 Å². The maximum atomic E-state index is 12.4. The van der Waals surface area contributed by atoms with Gasteiger partial charge >= 0.3 is 0 Å². The second-order valence-corrected chi connectivity index (χ2v) is 5.12. The van der Waals surface area contributed by atoms with E-state index in [4.69, 9.17) is 0 Å². The SMILES string of the molecule is CCN(CC)C(=O)C1CC(c2ccnn2C)CCN1. The second kappa shape index (κ2) is 6.19. The van der Waals surface area contributed by atoms with Crippen molar-refractivity contribution in [3.63, 3.8) is 0 Å². The van der Waals surface area contributed by atoms with E-state index in [1.54, 1.807) is 0 Å². The van der Waals surface area contributed by atoms with Crippen LogP contribution in [-0.2, 0) is 11.8 Å². The summed E-state index contributed by atoms with van der Waals surface area (Å²) in [5.41, 5.74) is 1.24. The minimum Gasteiger partial charge on any atom is -0.342 e. The third-order valence-corrected chi connectivity index (χ3v) is 4.05. The number of rotatable bonds is 4. The Labute approximate surface area is 115 Å². The highest BCUT2D eigenvalue weighted by Crippen LogP contribution is 2.27. The van der Waals surface area contributed by atoms with E-state index in [1.807, 2.05) is 36.7 Å². The first-order chi connectivity index (χ1) is 9.17. The Kier molecular flexibility index (Phi) is 4.58. The summed E-state index contributed by atoms with van der Waals surface area (Å²) in [7, 11) is 1.97. The normalized spacial score (nSPS) is 23.3. The molecular formula is C14H24N4O. The van der Waals surface area contributed by atoms with Gasteiger partial charge in [-0.1, -0.05) is 0 Å². The summed E-state index contributed by atoms with van der Waals surface area (Å²) in [4.78, 5) is 14.3. The lowest BCUT2D eigenvalue weighted by atomic mass is 9.89. The lowest BCUT2D eigenvalue weighted by molar-refractivity contribution is -0.133. The van der Waals surface area contributed by atoms with Crippen LogP contribution in [0.2, 0.25) is 0 Å². The topological polar surface area (TPSA) is 50.2 Å². The molecule has 0 aromatic carbocycles. The molecule has 1 saturated heterocycles. The van der Waals surface area contributed by atoms with Gasteiger partial charge in [0.15, 0.2) is 0 Å². The predicted molar refractivity (Wildman–Crippen MR) is 74.9 cm³/mol. The van der Waals surface area contributed by atoms with Crippen molar-refractivity contribution >= 4 is 5.91 Å². The molecule has 0 aliphatic carbocycles. The zero-order chi connectivity index (χ0) is 13.8. The van der Waals surface area contributed by atoms with Gasteiger partial charge in [0.05, 0.1) is 6.04 Å². The number of nitrogens with zero attached hydrogens (tertiary/aromatic N) is 3. The molecule has 1 aliphatic heterocycles. The lowest BCUT2D eigenvalue weighted by Crippen LogP contribution is -2.50. The quantitative estimate of drug-likeness (QED) is 0.887. The monoisotopic (exact) mass is 264 g/mol. The van der Waals surface area contributed by atoms with Crippen LogP contribution in [0.5, 0.6) is 0 Å². The van der Waals surface area contributed by atoms with E-state index < -0.39 is 0 Å². The largest absolute Gasteiger partial charge is 0.342 e. The Bertz CT molecular complexity index is 425. The molecule has 0 radical (unpaired) electrons. The molecule has 1 aromatic heterocycles. The van der Waals surface area contributed by atoms with Crippen molar-refractivity contribution < 1.29 is 4.79 Å². The zero-order valence-electron chi connectivity index (χ0n) is 12.1. The minimum absolute atomic E-state index is 0.0476. The smallest absolute Gasteiger partial charge is 0.239 e. The summed E-state index contributed by atoms with van der Waals surface area (Å²) < 4.78 is 1.93. The summed E-state index contributed by atoms with van der Waals surface area (Å²) in [6.45, 7) is 6.52. The fourth-order valence-corrected chi connectivity index (χ4v) is 2.91. The van der Waals surface area contributed by atoms with Gasteiger partial charge < -0.3 is 10.2 Å². The molecular weight excluding hydrogens is 240 g/mol. The van der Waals surface area contributed by atoms with Crippen molar-refractivity contribution in [1.82, 2.24) is 20.0 Å². The number of aryl methyl sites for hydroxylation is 1. The van der Waals surface area contributed by atoms with Crippen LogP contribution >= 0.6 is 0 Å². The van der Waals surface area contributed by atoms with Gasteiger partial charge in [-0.25, -0.2) is 0 Å². The predicted octanol–water partition coefficient (Wildman–Crippen LogP) is 1.12. The van der Waals surface area contributed by atoms with E-state index in [1.165, 1.54) is 5.69 Å². The van der Waals surface area contributed by atoms with Crippen molar-refractivity contribution in [2.45, 2.75) is 38.6 Å². The lowest BCUT2D eigenvalue weighted by Gasteiger charge is -2.32.